The SMILES string of the molecule is NC(=O)c1cc(Br)ccc1OC1CCN(C(=O)Cc2ccc(OC(F)(F)F)cc2)CC1F. The van der Waals surface area contributed by atoms with Crippen molar-refractivity contribution < 1.29 is 36.6 Å². The standard InChI is InChI=1S/C21H19BrF4N2O4/c22-13-3-6-17(15(10-13)20(27)30)31-18-7-8-28(11-16(18)23)19(29)9-12-1-4-14(5-2-12)32-21(24,25)26/h1-6,10,16,18H,7-9,11H2,(H2,27,30). The number of hydrogen-bond donors (Lipinski definition) is 1. The van der Waals surface area contributed by atoms with Gasteiger partial charge in [0.2, 0.25) is 5.91 Å². The average molecular weight is 519 g/mol. The van der Waals surface area contributed by atoms with Gasteiger partial charge in [0.15, 0.2) is 6.17 Å². The number of carbonyl (C=O) groups excluding carboxylic acids is 2. The van der Waals surface area contributed by atoms with Gasteiger partial charge in [-0.3, -0.25) is 9.59 Å². The number of alkyl halides is 4. The molecular formula is C21H19BrF4N2O4. The second-order valence-electron chi connectivity index (χ2n) is 7.17. The Hall–Kier alpha value is -2.82. The predicted molar refractivity (Wildman–Crippen MR) is 110 cm³/mol. The Morgan fingerprint density at radius 3 is 2.44 bits per heavy atom. The number of carbonyl (C=O) groups is 2. The zero-order valence-electron chi connectivity index (χ0n) is 16.6. The van der Waals surface area contributed by atoms with Crippen molar-refractivity contribution in [2.75, 3.05) is 13.1 Å². The molecule has 0 bridgehead atoms. The van der Waals surface area contributed by atoms with Gasteiger partial charge in [-0.2, -0.15) is 0 Å². The summed E-state index contributed by atoms with van der Waals surface area (Å²) in [6.45, 7) is 0.0167. The molecule has 2 aromatic carbocycles. The Kier molecular flexibility index (Phi) is 7.27. The Bertz CT molecular complexity index is 985. The summed E-state index contributed by atoms with van der Waals surface area (Å²) in [6, 6.07) is 9.56. The molecule has 2 N–H and O–H groups in total. The molecule has 172 valence electrons. The summed E-state index contributed by atoms with van der Waals surface area (Å²) in [5, 5.41) is 0. The van der Waals surface area contributed by atoms with Crippen LogP contribution in [0, 0.1) is 0 Å². The predicted octanol–water partition coefficient (Wildman–Crippen LogP) is 4.01. The van der Waals surface area contributed by atoms with Crippen LogP contribution >= 0.6 is 15.9 Å². The number of primary amides is 1. The van der Waals surface area contributed by atoms with Gasteiger partial charge >= 0.3 is 6.36 Å². The van der Waals surface area contributed by atoms with Gasteiger partial charge < -0.3 is 20.1 Å². The van der Waals surface area contributed by atoms with Crippen molar-refractivity contribution >= 4 is 27.7 Å². The smallest absolute Gasteiger partial charge is 0.486 e. The lowest BCUT2D eigenvalue weighted by Gasteiger charge is -2.35. The summed E-state index contributed by atoms with van der Waals surface area (Å²) >= 11 is 3.23. The number of hydrogen-bond acceptors (Lipinski definition) is 4. The van der Waals surface area contributed by atoms with Gasteiger partial charge in [0, 0.05) is 17.4 Å². The average Bonchev–Trinajstić information content (AvgIpc) is 2.70. The lowest BCUT2D eigenvalue weighted by atomic mass is 10.0. The highest BCUT2D eigenvalue weighted by atomic mass is 79.9. The minimum atomic E-state index is -4.80. The molecule has 6 nitrogen and oxygen atoms in total. The third-order valence-electron chi connectivity index (χ3n) is 4.83. The van der Waals surface area contributed by atoms with Crippen LogP contribution in [0.1, 0.15) is 22.3 Å². The van der Waals surface area contributed by atoms with E-state index in [4.69, 9.17) is 10.5 Å². The fourth-order valence-corrected chi connectivity index (χ4v) is 3.66. The van der Waals surface area contributed by atoms with E-state index in [1.807, 2.05) is 0 Å². The summed E-state index contributed by atoms with van der Waals surface area (Å²) in [5.41, 5.74) is 5.93. The van der Waals surface area contributed by atoms with Gasteiger partial charge in [0.1, 0.15) is 17.6 Å². The van der Waals surface area contributed by atoms with Crippen LogP contribution in [-0.4, -0.2) is 48.4 Å². The number of rotatable bonds is 6. The molecule has 0 saturated carbocycles. The van der Waals surface area contributed by atoms with Crippen LogP contribution < -0.4 is 15.2 Å². The van der Waals surface area contributed by atoms with E-state index in [0.717, 1.165) is 12.1 Å². The third-order valence-corrected chi connectivity index (χ3v) is 5.33. The van der Waals surface area contributed by atoms with E-state index in [1.54, 1.807) is 6.07 Å². The maximum atomic E-state index is 14.7. The molecule has 1 saturated heterocycles. The van der Waals surface area contributed by atoms with Gasteiger partial charge in [0.05, 0.1) is 18.5 Å². The van der Waals surface area contributed by atoms with E-state index in [2.05, 4.69) is 20.7 Å². The number of ether oxygens (including phenoxy) is 2. The highest BCUT2D eigenvalue weighted by Gasteiger charge is 2.34. The van der Waals surface area contributed by atoms with Crippen LogP contribution in [-0.2, 0) is 11.2 Å². The summed E-state index contributed by atoms with van der Waals surface area (Å²) in [7, 11) is 0. The van der Waals surface area contributed by atoms with Gasteiger partial charge in [-0.05, 0) is 35.9 Å². The number of likely N-dealkylation sites (tertiary alicyclic amines) is 1. The molecule has 1 heterocycles. The lowest BCUT2D eigenvalue weighted by Crippen LogP contribution is -2.49. The highest BCUT2D eigenvalue weighted by molar-refractivity contribution is 9.10. The van der Waals surface area contributed by atoms with Gasteiger partial charge in [0.25, 0.3) is 5.91 Å². The number of nitrogens with zero attached hydrogens (tertiary/aromatic N) is 1. The number of halogens is 5. The zero-order valence-corrected chi connectivity index (χ0v) is 18.2. The minimum absolute atomic E-state index is 0.0942. The first kappa shape index (κ1) is 23.8. The molecule has 0 aromatic heterocycles. The first-order valence-corrected chi connectivity index (χ1v) is 10.3. The summed E-state index contributed by atoms with van der Waals surface area (Å²) in [4.78, 5) is 25.5. The van der Waals surface area contributed by atoms with Crippen molar-refractivity contribution in [1.82, 2.24) is 4.90 Å². The van der Waals surface area contributed by atoms with Gasteiger partial charge in [-0.25, -0.2) is 4.39 Å². The summed E-state index contributed by atoms with van der Waals surface area (Å²) in [5.74, 6) is -1.30. The Morgan fingerprint density at radius 2 is 1.84 bits per heavy atom. The van der Waals surface area contributed by atoms with Gasteiger partial charge in [-0.1, -0.05) is 28.1 Å². The molecule has 1 aliphatic heterocycles. The van der Waals surface area contributed by atoms with E-state index < -0.39 is 30.3 Å². The second kappa shape index (κ2) is 9.76. The Morgan fingerprint density at radius 1 is 1.16 bits per heavy atom. The minimum Gasteiger partial charge on any atom is -0.486 e. The maximum absolute atomic E-state index is 14.7. The maximum Gasteiger partial charge on any atom is 0.573 e. The monoisotopic (exact) mass is 518 g/mol. The molecule has 1 aliphatic rings. The molecular weight excluding hydrogens is 500 g/mol. The van der Waals surface area contributed by atoms with Crippen molar-refractivity contribution in [2.24, 2.45) is 5.73 Å². The van der Waals surface area contributed by atoms with E-state index in [0.29, 0.717) is 10.0 Å². The van der Waals surface area contributed by atoms with Crippen LogP contribution in [0.5, 0.6) is 11.5 Å². The van der Waals surface area contributed by atoms with Crippen LogP contribution in [0.25, 0.3) is 0 Å². The van der Waals surface area contributed by atoms with Crippen molar-refractivity contribution in [3.05, 3.63) is 58.1 Å². The zero-order chi connectivity index (χ0) is 23.5. The van der Waals surface area contributed by atoms with E-state index in [1.165, 1.54) is 29.2 Å². The largest absolute Gasteiger partial charge is 0.573 e. The van der Waals surface area contributed by atoms with E-state index in [-0.39, 0.29) is 43.2 Å². The van der Waals surface area contributed by atoms with E-state index >= 15 is 0 Å². The third kappa shape index (κ3) is 6.35. The molecule has 32 heavy (non-hydrogen) atoms. The first-order chi connectivity index (χ1) is 15.0. The van der Waals surface area contributed by atoms with Crippen LogP contribution in [0.15, 0.2) is 46.9 Å². The quantitative estimate of drug-likeness (QED) is 0.586. The van der Waals surface area contributed by atoms with Gasteiger partial charge in [-0.15, -0.1) is 13.2 Å². The normalized spacial score (nSPS) is 18.8. The molecule has 2 amide bonds. The van der Waals surface area contributed by atoms with E-state index in [9.17, 15) is 27.2 Å². The second-order valence-corrected chi connectivity index (χ2v) is 8.09. The van der Waals surface area contributed by atoms with Crippen molar-refractivity contribution in [1.29, 1.82) is 0 Å². The van der Waals surface area contributed by atoms with Crippen molar-refractivity contribution in [3.63, 3.8) is 0 Å². The molecule has 1 fully saturated rings. The number of piperidine rings is 1. The van der Waals surface area contributed by atoms with Crippen molar-refractivity contribution in [2.45, 2.75) is 31.5 Å². The fraction of sp³-hybridized carbons (Fsp3) is 0.333. The summed E-state index contributed by atoms with van der Waals surface area (Å²) < 4.78 is 61.5. The molecule has 11 heteroatoms. The van der Waals surface area contributed by atoms with Crippen LogP contribution in [0.2, 0.25) is 0 Å². The number of nitrogens with two attached hydrogens (primary N) is 1. The Balaban J connectivity index is 1.57. The molecule has 2 aromatic rings. The highest BCUT2D eigenvalue weighted by Crippen LogP contribution is 2.28. The molecule has 0 radical (unpaired) electrons. The number of benzene rings is 2. The Labute approximate surface area is 189 Å². The molecule has 2 atom stereocenters. The van der Waals surface area contributed by atoms with Crippen LogP contribution in [0.3, 0.4) is 0 Å². The summed E-state index contributed by atoms with van der Waals surface area (Å²) in [6.07, 6.45) is -7.06. The van der Waals surface area contributed by atoms with Crippen molar-refractivity contribution in [3.8, 4) is 11.5 Å². The number of amides is 2. The molecule has 0 aliphatic carbocycles. The topological polar surface area (TPSA) is 81.9 Å². The molecule has 2 unspecified atom stereocenters. The lowest BCUT2D eigenvalue weighted by molar-refractivity contribution is -0.274. The fourth-order valence-electron chi connectivity index (χ4n) is 3.30. The molecule has 3 rings (SSSR count). The first-order valence-electron chi connectivity index (χ1n) is 9.54. The molecule has 0 spiro atoms. The van der Waals surface area contributed by atoms with Crippen LogP contribution in [0.4, 0.5) is 17.6 Å².